The number of benzene rings is 9. The van der Waals surface area contributed by atoms with Gasteiger partial charge in [-0.3, -0.25) is 0 Å². The molecule has 0 unspecified atom stereocenters. The number of anilines is 6. The maximum absolute atomic E-state index is 7.05. The highest BCUT2D eigenvalue weighted by molar-refractivity contribution is 6.09. The molecule has 3 heteroatoms. The molecule has 2 aliphatic rings. The minimum Gasteiger partial charge on any atom is -0.456 e. The largest absolute Gasteiger partial charge is 0.456 e. The quantitative estimate of drug-likeness (QED) is 0.162. The second-order valence-corrected chi connectivity index (χ2v) is 15.8. The van der Waals surface area contributed by atoms with Crippen LogP contribution in [-0.4, -0.2) is 0 Å². The SMILES string of the molecule is CC1(C)c2ccccc2-c2ccc(N(c3ccc(-c4ccccc4)cc3)c3cc4c5c(cccc5c3)-c3c(cccc3N(c3ccccc3)c3ccccc3)O4)cc21. The maximum atomic E-state index is 7.05. The second-order valence-electron chi connectivity index (χ2n) is 15.8. The molecule has 1 heterocycles. The fraction of sp³-hybridized carbons (Fsp3) is 0.0545. The first-order chi connectivity index (χ1) is 28.5. The van der Waals surface area contributed by atoms with Crippen molar-refractivity contribution in [1.82, 2.24) is 0 Å². The van der Waals surface area contributed by atoms with Crippen molar-refractivity contribution < 1.29 is 4.74 Å². The summed E-state index contributed by atoms with van der Waals surface area (Å²) in [4.78, 5) is 4.72. The van der Waals surface area contributed by atoms with E-state index in [9.17, 15) is 0 Å². The predicted molar refractivity (Wildman–Crippen MR) is 242 cm³/mol. The zero-order chi connectivity index (χ0) is 38.8. The van der Waals surface area contributed by atoms with Crippen molar-refractivity contribution in [3.05, 3.63) is 217 Å². The summed E-state index contributed by atoms with van der Waals surface area (Å²) < 4.78 is 7.05. The minimum atomic E-state index is -0.132. The van der Waals surface area contributed by atoms with E-state index in [1.807, 2.05) is 0 Å². The molecule has 11 rings (SSSR count). The van der Waals surface area contributed by atoms with Gasteiger partial charge in [-0.05, 0) is 111 Å². The Morgan fingerprint density at radius 2 is 0.966 bits per heavy atom. The van der Waals surface area contributed by atoms with E-state index in [4.69, 9.17) is 4.74 Å². The molecule has 0 saturated heterocycles. The van der Waals surface area contributed by atoms with Crippen LogP contribution in [0.2, 0.25) is 0 Å². The molecule has 58 heavy (non-hydrogen) atoms. The van der Waals surface area contributed by atoms with Crippen LogP contribution < -0.4 is 14.5 Å². The van der Waals surface area contributed by atoms with Crippen LogP contribution in [0.5, 0.6) is 11.5 Å². The highest BCUT2D eigenvalue weighted by atomic mass is 16.5. The summed E-state index contributed by atoms with van der Waals surface area (Å²) in [6, 6.07) is 74.1. The van der Waals surface area contributed by atoms with Crippen molar-refractivity contribution >= 4 is 44.9 Å². The van der Waals surface area contributed by atoms with Crippen LogP contribution in [0.3, 0.4) is 0 Å². The standard InChI is InChI=1S/C55H40N2O/c1-55(2)48-25-13-12-23-45(48)46-33-32-43(35-49(46)55)56(42-30-28-38(29-31-42)37-16-6-3-7-17-37)44-34-39-18-14-24-47-53(39)52(36-44)58-51-27-15-26-50(54(47)51)57(40-19-8-4-9-20-40)41-21-10-5-11-22-41/h3-36H,1-2H3. The van der Waals surface area contributed by atoms with Crippen LogP contribution in [-0.2, 0) is 5.41 Å². The fourth-order valence-electron chi connectivity index (χ4n) is 9.26. The molecule has 0 N–H and O–H groups in total. The van der Waals surface area contributed by atoms with E-state index < -0.39 is 0 Å². The summed E-state index contributed by atoms with van der Waals surface area (Å²) in [5, 5.41) is 2.23. The van der Waals surface area contributed by atoms with Gasteiger partial charge in [0.2, 0.25) is 0 Å². The molecule has 0 aromatic heterocycles. The summed E-state index contributed by atoms with van der Waals surface area (Å²) in [5.41, 5.74) is 16.3. The van der Waals surface area contributed by atoms with Gasteiger partial charge in [-0.2, -0.15) is 0 Å². The molecule has 1 aliphatic heterocycles. The van der Waals surface area contributed by atoms with Crippen LogP contribution in [0.1, 0.15) is 25.0 Å². The third-order valence-electron chi connectivity index (χ3n) is 12.0. The molecule has 0 saturated carbocycles. The lowest BCUT2D eigenvalue weighted by Gasteiger charge is -2.32. The van der Waals surface area contributed by atoms with E-state index in [-0.39, 0.29) is 5.41 Å². The van der Waals surface area contributed by atoms with E-state index in [2.05, 4.69) is 230 Å². The first kappa shape index (κ1) is 33.9. The third-order valence-corrected chi connectivity index (χ3v) is 12.0. The molecule has 0 amide bonds. The van der Waals surface area contributed by atoms with Crippen LogP contribution in [0.15, 0.2) is 206 Å². The first-order valence-electron chi connectivity index (χ1n) is 20.0. The zero-order valence-electron chi connectivity index (χ0n) is 32.4. The van der Waals surface area contributed by atoms with Gasteiger partial charge in [0.25, 0.3) is 0 Å². The van der Waals surface area contributed by atoms with Crippen molar-refractivity contribution in [3.8, 4) is 44.9 Å². The second kappa shape index (κ2) is 13.4. The molecule has 0 fully saturated rings. The molecule has 0 spiro atoms. The summed E-state index contributed by atoms with van der Waals surface area (Å²) in [6.45, 7) is 4.69. The summed E-state index contributed by atoms with van der Waals surface area (Å²) >= 11 is 0. The van der Waals surface area contributed by atoms with E-state index in [1.165, 1.54) is 33.4 Å². The Labute approximate surface area is 339 Å². The lowest BCUT2D eigenvalue weighted by molar-refractivity contribution is 0.487. The third kappa shape index (κ3) is 5.43. The van der Waals surface area contributed by atoms with E-state index in [0.29, 0.717) is 0 Å². The average molecular weight is 745 g/mol. The highest BCUT2D eigenvalue weighted by Crippen LogP contribution is 2.55. The van der Waals surface area contributed by atoms with E-state index >= 15 is 0 Å². The minimum absolute atomic E-state index is 0.132. The van der Waals surface area contributed by atoms with Gasteiger partial charge in [-0.15, -0.1) is 0 Å². The molecule has 1 aliphatic carbocycles. The molecular formula is C55H40N2O. The Morgan fingerprint density at radius 1 is 0.379 bits per heavy atom. The fourth-order valence-corrected chi connectivity index (χ4v) is 9.26. The van der Waals surface area contributed by atoms with Gasteiger partial charge < -0.3 is 14.5 Å². The molecule has 9 aromatic rings. The van der Waals surface area contributed by atoms with Crippen molar-refractivity contribution in [2.45, 2.75) is 19.3 Å². The smallest absolute Gasteiger partial charge is 0.138 e. The van der Waals surface area contributed by atoms with Crippen molar-refractivity contribution in [2.75, 3.05) is 9.80 Å². The van der Waals surface area contributed by atoms with Crippen molar-refractivity contribution in [2.24, 2.45) is 0 Å². The van der Waals surface area contributed by atoms with Gasteiger partial charge in [-0.25, -0.2) is 0 Å². The Kier molecular flexibility index (Phi) is 7.84. The van der Waals surface area contributed by atoms with Crippen LogP contribution in [0.25, 0.3) is 44.2 Å². The summed E-state index contributed by atoms with van der Waals surface area (Å²) in [6.07, 6.45) is 0. The molecule has 0 atom stereocenters. The Balaban J connectivity index is 1.09. The number of para-hydroxylation sites is 2. The maximum Gasteiger partial charge on any atom is 0.138 e. The zero-order valence-corrected chi connectivity index (χ0v) is 32.4. The first-order valence-corrected chi connectivity index (χ1v) is 20.0. The van der Waals surface area contributed by atoms with Gasteiger partial charge >= 0.3 is 0 Å². The van der Waals surface area contributed by atoms with Crippen molar-refractivity contribution in [3.63, 3.8) is 0 Å². The van der Waals surface area contributed by atoms with Crippen molar-refractivity contribution in [1.29, 1.82) is 0 Å². The highest BCUT2D eigenvalue weighted by Gasteiger charge is 2.36. The summed E-state index contributed by atoms with van der Waals surface area (Å²) in [7, 11) is 0. The molecule has 3 nitrogen and oxygen atoms in total. The molecule has 0 radical (unpaired) electrons. The van der Waals surface area contributed by atoms with Crippen LogP contribution in [0, 0.1) is 0 Å². The van der Waals surface area contributed by atoms with Gasteiger partial charge in [0.1, 0.15) is 11.5 Å². The Morgan fingerprint density at radius 3 is 1.71 bits per heavy atom. The summed E-state index contributed by atoms with van der Waals surface area (Å²) in [5.74, 6) is 1.68. The number of ether oxygens (including phenoxy) is 1. The van der Waals surface area contributed by atoms with Crippen LogP contribution >= 0.6 is 0 Å². The number of hydrogen-bond donors (Lipinski definition) is 0. The monoisotopic (exact) mass is 744 g/mol. The lowest BCUT2D eigenvalue weighted by atomic mass is 9.82. The lowest BCUT2D eigenvalue weighted by Crippen LogP contribution is -2.16. The number of fused-ring (bicyclic) bond motifs is 5. The molecule has 276 valence electrons. The van der Waals surface area contributed by atoms with Gasteiger partial charge in [0.15, 0.2) is 0 Å². The van der Waals surface area contributed by atoms with Gasteiger partial charge in [0, 0.05) is 45.2 Å². The average Bonchev–Trinajstić information content (AvgIpc) is 3.50. The van der Waals surface area contributed by atoms with E-state index in [1.54, 1.807) is 0 Å². The molecule has 0 bridgehead atoms. The van der Waals surface area contributed by atoms with Crippen LogP contribution in [0.4, 0.5) is 34.1 Å². The van der Waals surface area contributed by atoms with Gasteiger partial charge in [-0.1, -0.05) is 147 Å². The topological polar surface area (TPSA) is 15.7 Å². The molecule has 9 aromatic carbocycles. The Hall–Kier alpha value is -7.36. The van der Waals surface area contributed by atoms with Gasteiger partial charge in [0.05, 0.1) is 11.4 Å². The number of rotatable bonds is 7. The molecular weight excluding hydrogens is 705 g/mol. The predicted octanol–water partition coefficient (Wildman–Crippen LogP) is 15.5. The normalized spacial score (nSPS) is 12.9. The number of nitrogens with zero attached hydrogens (tertiary/aromatic N) is 2. The van der Waals surface area contributed by atoms with E-state index in [0.717, 1.165) is 67.5 Å². The Bertz CT molecular complexity index is 2950. The number of hydrogen-bond acceptors (Lipinski definition) is 3.